The molecule has 0 bridgehead atoms. The molecule has 0 heterocycles. The van der Waals surface area contributed by atoms with Gasteiger partial charge in [-0.3, -0.25) is 14.8 Å². The Morgan fingerprint density at radius 1 is 1.03 bits per heavy atom. The highest BCUT2D eigenvalue weighted by molar-refractivity contribution is 9.10. The summed E-state index contributed by atoms with van der Waals surface area (Å²) in [7, 11) is -3.77. The van der Waals surface area contributed by atoms with Crippen molar-refractivity contribution >= 4 is 60.6 Å². The van der Waals surface area contributed by atoms with Crippen molar-refractivity contribution < 1.29 is 17.9 Å². The molecule has 0 aliphatic carbocycles. The number of benzene rings is 3. The maximum absolute atomic E-state index is 12.8. The summed E-state index contributed by atoms with van der Waals surface area (Å²) in [5.41, 5.74) is 3.17. The highest BCUT2D eigenvalue weighted by atomic mass is 79.9. The predicted molar refractivity (Wildman–Crippen MR) is 151 cm³/mol. The van der Waals surface area contributed by atoms with Crippen molar-refractivity contribution in [2.75, 3.05) is 16.6 Å². The first-order chi connectivity index (χ1) is 17.0. The summed E-state index contributed by atoms with van der Waals surface area (Å²) in [6.07, 6.45) is 0. The lowest BCUT2D eigenvalue weighted by Gasteiger charge is -2.14. The van der Waals surface area contributed by atoms with Crippen molar-refractivity contribution in [3.63, 3.8) is 0 Å². The van der Waals surface area contributed by atoms with Crippen LogP contribution in [0.5, 0.6) is 5.75 Å². The quantitative estimate of drug-likeness (QED) is 0.278. The van der Waals surface area contributed by atoms with Crippen LogP contribution in [0.3, 0.4) is 0 Å². The molecule has 3 rings (SSSR count). The Hall–Kier alpha value is -2.95. The molecule has 190 valence electrons. The van der Waals surface area contributed by atoms with Gasteiger partial charge in [0.15, 0.2) is 5.11 Å². The molecule has 0 spiro atoms. The van der Waals surface area contributed by atoms with Crippen molar-refractivity contribution in [1.29, 1.82) is 0 Å². The molecular weight excluding hydrogens is 562 g/mol. The Morgan fingerprint density at radius 3 is 2.25 bits per heavy atom. The summed E-state index contributed by atoms with van der Waals surface area (Å²) >= 11 is 8.68. The Bertz CT molecular complexity index is 1350. The fourth-order valence-electron chi connectivity index (χ4n) is 3.24. The molecule has 0 radical (unpaired) electrons. The first kappa shape index (κ1) is 27.6. The Labute approximate surface area is 225 Å². The van der Waals surface area contributed by atoms with Gasteiger partial charge in [-0.2, -0.15) is 0 Å². The maximum atomic E-state index is 12.8. The molecule has 36 heavy (non-hydrogen) atoms. The van der Waals surface area contributed by atoms with Gasteiger partial charge in [-0.15, -0.1) is 0 Å². The van der Waals surface area contributed by atoms with E-state index in [1.165, 1.54) is 12.1 Å². The minimum absolute atomic E-state index is 0.0838. The number of hydrogen-bond donors (Lipinski definition) is 3. The van der Waals surface area contributed by atoms with E-state index in [2.05, 4.69) is 45.1 Å². The molecule has 3 aromatic rings. The lowest BCUT2D eigenvalue weighted by atomic mass is 10.1. The highest BCUT2D eigenvalue weighted by Gasteiger charge is 2.17. The van der Waals surface area contributed by atoms with Crippen LogP contribution >= 0.6 is 28.1 Å². The normalized spacial score (nSPS) is 11.2. The minimum Gasteiger partial charge on any atom is -0.492 e. The summed E-state index contributed by atoms with van der Waals surface area (Å²) in [5, 5.41) is 5.60. The standard InChI is InChI=1S/C26H28BrN3O4S2/c1-16(2)15-34-23-13-8-19(14-22(23)27)25(31)29-26(35)28-20-9-11-21(12-10-20)36(32,33)30-24-17(3)6-5-7-18(24)4/h5-14,16,30H,15H2,1-4H3,(H2,28,29,31,35). The van der Waals surface area contributed by atoms with Crippen molar-refractivity contribution in [1.82, 2.24) is 5.32 Å². The highest BCUT2D eigenvalue weighted by Crippen LogP contribution is 2.27. The summed E-state index contributed by atoms with van der Waals surface area (Å²) in [5.74, 6) is 0.648. The average Bonchev–Trinajstić information content (AvgIpc) is 2.81. The zero-order valence-corrected chi connectivity index (χ0v) is 23.6. The van der Waals surface area contributed by atoms with Gasteiger partial charge in [-0.05, 0) is 102 Å². The summed E-state index contributed by atoms with van der Waals surface area (Å²) in [6.45, 7) is 8.38. The van der Waals surface area contributed by atoms with E-state index in [1.54, 1.807) is 30.3 Å². The molecule has 3 N–H and O–H groups in total. The fourth-order valence-corrected chi connectivity index (χ4v) is 5.15. The van der Waals surface area contributed by atoms with Crippen molar-refractivity contribution in [2.45, 2.75) is 32.6 Å². The third-order valence-corrected chi connectivity index (χ3v) is 7.32. The largest absolute Gasteiger partial charge is 0.492 e. The number of nitrogens with one attached hydrogen (secondary N) is 3. The number of carbonyl (C=O) groups is 1. The molecule has 0 atom stereocenters. The molecule has 0 saturated heterocycles. The maximum Gasteiger partial charge on any atom is 0.261 e. The van der Waals surface area contributed by atoms with Crippen LogP contribution in [-0.4, -0.2) is 26.0 Å². The van der Waals surface area contributed by atoms with Gasteiger partial charge in [-0.25, -0.2) is 8.42 Å². The van der Waals surface area contributed by atoms with Gasteiger partial charge in [0.25, 0.3) is 15.9 Å². The second-order valence-corrected chi connectivity index (χ2v) is 11.6. The van der Waals surface area contributed by atoms with Crippen LogP contribution in [0, 0.1) is 19.8 Å². The van der Waals surface area contributed by atoms with E-state index in [0.29, 0.717) is 39.7 Å². The number of amides is 1. The van der Waals surface area contributed by atoms with Gasteiger partial charge in [0, 0.05) is 11.3 Å². The molecule has 1 amide bonds. The second kappa shape index (κ2) is 11.9. The molecule has 10 heteroatoms. The minimum atomic E-state index is -3.77. The van der Waals surface area contributed by atoms with E-state index in [9.17, 15) is 13.2 Å². The topological polar surface area (TPSA) is 96.5 Å². The molecule has 0 aromatic heterocycles. The number of anilines is 2. The van der Waals surface area contributed by atoms with Crippen LogP contribution in [0.25, 0.3) is 0 Å². The Kier molecular flexibility index (Phi) is 9.10. The van der Waals surface area contributed by atoms with Gasteiger partial charge in [0.1, 0.15) is 5.75 Å². The van der Waals surface area contributed by atoms with Crippen molar-refractivity contribution in [2.24, 2.45) is 5.92 Å². The van der Waals surface area contributed by atoms with Crippen molar-refractivity contribution in [3.05, 3.63) is 81.8 Å². The lowest BCUT2D eigenvalue weighted by Crippen LogP contribution is -2.34. The molecule has 0 aliphatic heterocycles. The van der Waals surface area contributed by atoms with E-state index in [1.807, 2.05) is 32.0 Å². The number of rotatable bonds is 8. The van der Waals surface area contributed by atoms with Gasteiger partial charge < -0.3 is 10.1 Å². The van der Waals surface area contributed by atoms with E-state index in [0.717, 1.165) is 11.1 Å². The number of aryl methyl sites for hydroxylation is 2. The summed E-state index contributed by atoms with van der Waals surface area (Å²) < 4.78 is 34.7. The first-order valence-corrected chi connectivity index (χ1v) is 13.9. The monoisotopic (exact) mass is 589 g/mol. The van der Waals surface area contributed by atoms with Crippen LogP contribution < -0.4 is 20.1 Å². The zero-order chi connectivity index (χ0) is 26.5. The number of ether oxygens (including phenoxy) is 1. The van der Waals surface area contributed by atoms with Crippen LogP contribution in [0.1, 0.15) is 35.3 Å². The van der Waals surface area contributed by atoms with Crippen molar-refractivity contribution in [3.8, 4) is 5.75 Å². The fraction of sp³-hybridized carbons (Fsp3) is 0.231. The van der Waals surface area contributed by atoms with E-state index < -0.39 is 10.0 Å². The van der Waals surface area contributed by atoms with Gasteiger partial charge in [0.2, 0.25) is 0 Å². The average molecular weight is 591 g/mol. The number of sulfonamides is 1. The second-order valence-electron chi connectivity index (χ2n) is 8.65. The molecule has 0 saturated carbocycles. The van der Waals surface area contributed by atoms with Crippen LogP contribution in [0.4, 0.5) is 11.4 Å². The van der Waals surface area contributed by atoms with E-state index in [4.69, 9.17) is 17.0 Å². The zero-order valence-electron chi connectivity index (χ0n) is 20.4. The molecule has 3 aromatic carbocycles. The third-order valence-electron chi connectivity index (χ3n) is 5.13. The number of thiocarbonyl (C=S) groups is 1. The summed E-state index contributed by atoms with van der Waals surface area (Å²) in [4.78, 5) is 12.7. The molecule has 7 nitrogen and oxygen atoms in total. The van der Waals surface area contributed by atoms with Crippen LogP contribution in [0.15, 0.2) is 70.0 Å². The number of carbonyl (C=O) groups excluding carboxylic acids is 1. The number of para-hydroxylation sites is 1. The smallest absolute Gasteiger partial charge is 0.261 e. The van der Waals surface area contributed by atoms with Gasteiger partial charge in [0.05, 0.1) is 21.7 Å². The molecule has 0 fully saturated rings. The predicted octanol–water partition coefficient (Wildman–Crippen LogP) is 6.03. The number of hydrogen-bond acceptors (Lipinski definition) is 5. The molecule has 0 aliphatic rings. The Balaban J connectivity index is 1.61. The van der Waals surface area contributed by atoms with E-state index >= 15 is 0 Å². The summed E-state index contributed by atoms with van der Waals surface area (Å²) in [6, 6.07) is 16.7. The first-order valence-electron chi connectivity index (χ1n) is 11.2. The lowest BCUT2D eigenvalue weighted by molar-refractivity contribution is 0.0977. The number of halogens is 1. The van der Waals surface area contributed by atoms with Crippen LogP contribution in [0.2, 0.25) is 0 Å². The molecular formula is C26H28BrN3O4S2. The Morgan fingerprint density at radius 2 is 1.67 bits per heavy atom. The van der Waals surface area contributed by atoms with Gasteiger partial charge >= 0.3 is 0 Å². The van der Waals surface area contributed by atoms with Crippen LogP contribution in [-0.2, 0) is 10.0 Å². The van der Waals surface area contributed by atoms with E-state index in [-0.39, 0.29) is 15.9 Å². The van der Waals surface area contributed by atoms with Gasteiger partial charge in [-0.1, -0.05) is 32.0 Å². The SMILES string of the molecule is Cc1cccc(C)c1NS(=O)(=O)c1ccc(NC(=S)NC(=O)c2ccc(OCC(C)C)c(Br)c2)cc1. The third kappa shape index (κ3) is 7.28. The molecule has 0 unspecified atom stereocenters.